The summed E-state index contributed by atoms with van der Waals surface area (Å²) in [5.74, 6) is -3.86. The normalized spacial score (nSPS) is 19.7. The summed E-state index contributed by atoms with van der Waals surface area (Å²) in [4.78, 5) is 19.4. The third kappa shape index (κ3) is 5.89. The van der Waals surface area contributed by atoms with Gasteiger partial charge in [0.05, 0.1) is 6.61 Å². The van der Waals surface area contributed by atoms with Gasteiger partial charge in [0.2, 0.25) is 5.76 Å². The van der Waals surface area contributed by atoms with Gasteiger partial charge in [-0.2, -0.15) is 0 Å². The molecule has 0 saturated carbocycles. The first-order valence-electron chi connectivity index (χ1n) is 4.10. The second-order valence-electron chi connectivity index (χ2n) is 2.80. The topological polar surface area (TPSA) is 147 Å². The molecule has 0 amide bonds. The summed E-state index contributed by atoms with van der Waals surface area (Å²) in [5, 5.41) is 43.9. The first-order chi connectivity index (χ1) is 7.31. The van der Waals surface area contributed by atoms with Crippen LogP contribution in [-0.2, 0) is 14.3 Å². The van der Waals surface area contributed by atoms with Gasteiger partial charge in [0, 0.05) is 5.97 Å². The van der Waals surface area contributed by atoms with Crippen LogP contribution in [-0.4, -0.2) is 51.2 Å². The maximum atomic E-state index is 10.5. The molecule has 9 heteroatoms. The predicted molar refractivity (Wildman–Crippen MR) is 45.9 cm³/mol. The summed E-state index contributed by atoms with van der Waals surface area (Å²) >= 11 is 0. The Bertz CT molecular complexity index is 309. The molecular formula is C8H11NaO8. The molecule has 17 heavy (non-hydrogen) atoms. The number of hydrogen-bond donors (Lipinski definition) is 4. The molecule has 4 N–H and O–H groups in total. The molecule has 92 valence electrons. The molecule has 0 aromatic carbocycles. The maximum absolute atomic E-state index is 10.5. The van der Waals surface area contributed by atoms with Crippen molar-refractivity contribution in [3.8, 4) is 0 Å². The Balaban J connectivity index is 0. The zero-order valence-corrected chi connectivity index (χ0v) is 11.3. The Morgan fingerprint density at radius 1 is 1.53 bits per heavy atom. The van der Waals surface area contributed by atoms with Gasteiger partial charge in [-0.15, -0.1) is 0 Å². The van der Waals surface area contributed by atoms with E-state index in [1.807, 2.05) is 0 Å². The molecule has 0 aliphatic carbocycles. The van der Waals surface area contributed by atoms with Crippen molar-refractivity contribution >= 4 is 11.9 Å². The van der Waals surface area contributed by atoms with Gasteiger partial charge in [-0.25, -0.2) is 4.79 Å². The van der Waals surface area contributed by atoms with Crippen LogP contribution < -0.4 is 34.7 Å². The van der Waals surface area contributed by atoms with E-state index < -0.39 is 42.3 Å². The van der Waals surface area contributed by atoms with Gasteiger partial charge >= 0.3 is 35.5 Å². The van der Waals surface area contributed by atoms with Gasteiger partial charge in [-0.05, 0) is 6.92 Å². The zero-order chi connectivity index (χ0) is 12.9. The van der Waals surface area contributed by atoms with Crippen LogP contribution in [0.3, 0.4) is 0 Å². The number of carboxylic acid groups (broad SMARTS) is 1. The van der Waals surface area contributed by atoms with Crippen molar-refractivity contribution in [3.63, 3.8) is 0 Å². The molecule has 0 aromatic heterocycles. The molecule has 0 saturated heterocycles. The van der Waals surface area contributed by atoms with Gasteiger partial charge in [0.1, 0.15) is 6.10 Å². The third-order valence-corrected chi connectivity index (χ3v) is 1.48. The Hall–Kier alpha value is -0.800. The molecule has 1 aliphatic heterocycles. The number of esters is 1. The van der Waals surface area contributed by atoms with Crippen LogP contribution >= 0.6 is 0 Å². The summed E-state index contributed by atoms with van der Waals surface area (Å²) in [7, 11) is 0. The van der Waals surface area contributed by atoms with Crippen molar-refractivity contribution in [3.05, 3.63) is 11.5 Å². The van der Waals surface area contributed by atoms with E-state index in [0.717, 1.165) is 6.92 Å². The summed E-state index contributed by atoms with van der Waals surface area (Å²) in [6, 6.07) is 0. The summed E-state index contributed by atoms with van der Waals surface area (Å²) in [6.45, 7) is 0.301. The van der Waals surface area contributed by atoms with E-state index in [4.69, 9.17) is 30.3 Å². The summed E-state index contributed by atoms with van der Waals surface area (Å²) < 4.78 is 4.32. The molecule has 0 aromatic rings. The van der Waals surface area contributed by atoms with E-state index in [1.165, 1.54) is 0 Å². The maximum Gasteiger partial charge on any atom is 1.00 e. The van der Waals surface area contributed by atoms with Gasteiger partial charge in [0.15, 0.2) is 11.9 Å². The summed E-state index contributed by atoms with van der Waals surface area (Å²) in [6.07, 6.45) is -2.78. The molecule has 0 fully saturated rings. The van der Waals surface area contributed by atoms with E-state index >= 15 is 0 Å². The first-order valence-corrected chi connectivity index (χ1v) is 4.10. The molecule has 1 heterocycles. The van der Waals surface area contributed by atoms with Crippen molar-refractivity contribution < 1.29 is 69.4 Å². The minimum atomic E-state index is -1.42. The number of aliphatic carboxylic acids is 1. The number of carbonyl (C=O) groups excluding carboxylic acids is 2. The minimum absolute atomic E-state index is 0. The molecule has 1 aliphatic rings. The van der Waals surface area contributed by atoms with Crippen molar-refractivity contribution in [1.82, 2.24) is 0 Å². The van der Waals surface area contributed by atoms with Gasteiger partial charge in [0.25, 0.3) is 0 Å². The van der Waals surface area contributed by atoms with Gasteiger partial charge in [-0.1, -0.05) is 0 Å². The van der Waals surface area contributed by atoms with E-state index in [1.54, 1.807) is 0 Å². The molecule has 2 atom stereocenters. The van der Waals surface area contributed by atoms with Crippen molar-refractivity contribution in [1.29, 1.82) is 0 Å². The fraction of sp³-hybridized carbons (Fsp3) is 0.500. The molecule has 0 spiro atoms. The summed E-state index contributed by atoms with van der Waals surface area (Å²) in [5.41, 5.74) is 0. The largest absolute Gasteiger partial charge is 1.00 e. The van der Waals surface area contributed by atoms with E-state index in [9.17, 15) is 4.79 Å². The Morgan fingerprint density at radius 2 is 1.94 bits per heavy atom. The number of hydrogen-bond acceptors (Lipinski definition) is 8. The Labute approximate surface area is 118 Å². The van der Waals surface area contributed by atoms with E-state index in [0.29, 0.717) is 0 Å². The van der Waals surface area contributed by atoms with Crippen molar-refractivity contribution in [2.24, 2.45) is 0 Å². The monoisotopic (exact) mass is 258 g/mol. The number of rotatable bonds is 2. The van der Waals surface area contributed by atoms with Crippen LogP contribution in [0.5, 0.6) is 0 Å². The Morgan fingerprint density at radius 3 is 2.18 bits per heavy atom. The van der Waals surface area contributed by atoms with Crippen molar-refractivity contribution in [2.75, 3.05) is 6.61 Å². The van der Waals surface area contributed by atoms with E-state index in [2.05, 4.69) is 4.74 Å². The van der Waals surface area contributed by atoms with Crippen LogP contribution in [0.25, 0.3) is 0 Å². The van der Waals surface area contributed by atoms with Gasteiger partial charge in [-0.3, -0.25) is 0 Å². The quantitative estimate of drug-likeness (QED) is 0.283. The number of carbonyl (C=O) groups is 2. The minimum Gasteiger partial charge on any atom is -0.550 e. The average molecular weight is 258 g/mol. The second-order valence-corrected chi connectivity index (χ2v) is 2.80. The number of carboxylic acids is 1. The molecule has 0 radical (unpaired) electrons. The van der Waals surface area contributed by atoms with Crippen molar-refractivity contribution in [2.45, 2.75) is 19.1 Å². The number of aliphatic hydroxyl groups is 4. The SMILES string of the molecule is CC(=O)[O-].O=C1O[C@H]([C@@H](O)CO)C(O)=C1O.[Na+]. The number of aliphatic hydroxyl groups excluding tert-OH is 4. The third-order valence-electron chi connectivity index (χ3n) is 1.48. The molecular weight excluding hydrogens is 247 g/mol. The predicted octanol–water partition coefficient (Wildman–Crippen LogP) is -5.65. The number of ether oxygens (including phenoxy) is 1. The fourth-order valence-electron chi connectivity index (χ4n) is 0.823. The average Bonchev–Trinajstić information content (AvgIpc) is 2.44. The standard InChI is InChI=1S/C6H8O6.C2H4O2.Na/c7-1-2(8)5-3(9)4(10)6(11)12-5;1-2(3)4;/h2,5,7-10H,1H2;1H3,(H,3,4);/q;;+1/p-1/t2-,5+;;/m0../s1. The smallest absolute Gasteiger partial charge is 0.550 e. The number of cyclic esters (lactones) is 1. The molecule has 1 rings (SSSR count). The van der Waals surface area contributed by atoms with Gasteiger partial charge < -0.3 is 35.1 Å². The zero-order valence-electron chi connectivity index (χ0n) is 9.28. The van der Waals surface area contributed by atoms with Crippen LogP contribution in [0.4, 0.5) is 0 Å². The molecule has 0 unspecified atom stereocenters. The Kier molecular flexibility index (Phi) is 9.08. The van der Waals surface area contributed by atoms with Crippen LogP contribution in [0.2, 0.25) is 0 Å². The molecule has 8 nitrogen and oxygen atoms in total. The van der Waals surface area contributed by atoms with E-state index in [-0.39, 0.29) is 29.6 Å². The van der Waals surface area contributed by atoms with Crippen LogP contribution in [0.1, 0.15) is 6.92 Å². The van der Waals surface area contributed by atoms with Crippen LogP contribution in [0.15, 0.2) is 11.5 Å². The second kappa shape index (κ2) is 8.31. The molecule has 0 bridgehead atoms. The van der Waals surface area contributed by atoms with Crippen LogP contribution in [0, 0.1) is 0 Å². The first kappa shape index (κ1) is 18.6. The fourth-order valence-corrected chi connectivity index (χ4v) is 0.823.